The van der Waals surface area contributed by atoms with Crippen LogP contribution < -0.4 is 10.2 Å². The maximum atomic E-state index is 12.4. The molecule has 1 aliphatic heterocycles. The van der Waals surface area contributed by atoms with Crippen molar-refractivity contribution in [3.05, 3.63) is 45.1 Å². The van der Waals surface area contributed by atoms with E-state index in [-0.39, 0.29) is 5.91 Å². The smallest absolute Gasteiger partial charge is 0.266 e. The normalized spacial score (nSPS) is 14.5. The summed E-state index contributed by atoms with van der Waals surface area (Å²) in [5.41, 5.74) is 2.85. The monoisotopic (exact) mass is 320 g/mol. The minimum absolute atomic E-state index is 0.0646. The molecule has 0 saturated carbocycles. The predicted molar refractivity (Wildman–Crippen MR) is 89.9 cm³/mol. The molecule has 0 atom stereocenters. The Kier molecular flexibility index (Phi) is 4.17. The molecular weight excluding hydrogens is 304 g/mol. The third-order valence-electron chi connectivity index (χ3n) is 3.72. The summed E-state index contributed by atoms with van der Waals surface area (Å²) in [5.74, 6) is -0.0646. The van der Waals surface area contributed by atoms with E-state index in [0.717, 1.165) is 34.9 Å². The van der Waals surface area contributed by atoms with Gasteiger partial charge in [0.25, 0.3) is 5.91 Å². The summed E-state index contributed by atoms with van der Waals surface area (Å²) in [6, 6.07) is 7.65. The van der Waals surface area contributed by atoms with E-state index < -0.39 is 0 Å². The lowest BCUT2D eigenvalue weighted by Gasteiger charge is -2.21. The highest BCUT2D eigenvalue weighted by molar-refractivity contribution is 7.12. The summed E-state index contributed by atoms with van der Waals surface area (Å²) in [7, 11) is 0. The van der Waals surface area contributed by atoms with E-state index >= 15 is 0 Å². The molecule has 1 aromatic carbocycles. The number of nitrogens with one attached hydrogen (secondary N) is 1. The zero-order valence-electron chi connectivity index (χ0n) is 11.9. The van der Waals surface area contributed by atoms with Crippen molar-refractivity contribution in [1.29, 1.82) is 0 Å². The van der Waals surface area contributed by atoms with Gasteiger partial charge in [-0.2, -0.15) is 0 Å². The third kappa shape index (κ3) is 3.06. The lowest BCUT2D eigenvalue weighted by molar-refractivity contribution is 0.103. The highest BCUT2D eigenvalue weighted by atomic mass is 35.5. The van der Waals surface area contributed by atoms with Crippen molar-refractivity contribution in [1.82, 2.24) is 0 Å². The number of hydrogen-bond acceptors (Lipinski definition) is 3. The molecule has 3 nitrogen and oxygen atoms in total. The molecule has 0 radical (unpaired) electrons. The minimum atomic E-state index is -0.0646. The number of hydrogen-bond donors (Lipinski definition) is 1. The fraction of sp³-hybridized carbons (Fsp3) is 0.312. The maximum absolute atomic E-state index is 12.4. The molecule has 2 heterocycles. The summed E-state index contributed by atoms with van der Waals surface area (Å²) in [6.07, 6.45) is 2.39. The van der Waals surface area contributed by atoms with Crippen LogP contribution in [0.4, 0.5) is 11.4 Å². The van der Waals surface area contributed by atoms with E-state index in [1.54, 1.807) is 0 Å². The Labute approximate surface area is 133 Å². The van der Waals surface area contributed by atoms with Gasteiger partial charge >= 0.3 is 0 Å². The molecule has 21 heavy (non-hydrogen) atoms. The Morgan fingerprint density at radius 3 is 2.71 bits per heavy atom. The second-order valence-electron chi connectivity index (χ2n) is 5.24. The Hall–Kier alpha value is -1.52. The van der Waals surface area contributed by atoms with Gasteiger partial charge in [0, 0.05) is 18.1 Å². The van der Waals surface area contributed by atoms with Gasteiger partial charge in [0.15, 0.2) is 0 Å². The molecule has 2 aromatic rings. The molecule has 1 saturated heterocycles. The number of rotatable bonds is 3. The second-order valence-corrected chi connectivity index (χ2v) is 6.60. The molecule has 110 valence electrons. The predicted octanol–water partition coefficient (Wildman–Crippen LogP) is 4.56. The molecule has 1 aliphatic rings. The van der Waals surface area contributed by atoms with Crippen molar-refractivity contribution in [2.24, 2.45) is 0 Å². The first-order valence-corrected chi connectivity index (χ1v) is 8.31. The molecule has 1 fully saturated rings. The molecule has 0 unspecified atom stereocenters. The Bertz CT molecular complexity index is 662. The summed E-state index contributed by atoms with van der Waals surface area (Å²) in [6.45, 7) is 4.01. The standard InChI is InChI=1S/C16H17ClN2OS/c1-11-6-9-21-15(11)16(20)18-13-10-12(17)4-5-14(13)19-7-2-3-8-19/h4-6,9-10H,2-3,7-8H2,1H3,(H,18,20). The minimum Gasteiger partial charge on any atom is -0.370 e. The van der Waals surface area contributed by atoms with Gasteiger partial charge in [0.1, 0.15) is 0 Å². The second kappa shape index (κ2) is 6.08. The number of aryl methyl sites for hydroxylation is 1. The SMILES string of the molecule is Cc1ccsc1C(=O)Nc1cc(Cl)ccc1N1CCCC1. The fourth-order valence-corrected chi connectivity index (χ4v) is 3.62. The van der Waals surface area contributed by atoms with Crippen LogP contribution in [-0.2, 0) is 0 Å². The molecular formula is C16H17ClN2OS. The van der Waals surface area contributed by atoms with Crippen LogP contribution in [0.5, 0.6) is 0 Å². The number of benzene rings is 1. The van der Waals surface area contributed by atoms with Crippen molar-refractivity contribution in [3.63, 3.8) is 0 Å². The van der Waals surface area contributed by atoms with Crippen molar-refractivity contribution in [3.8, 4) is 0 Å². The van der Waals surface area contributed by atoms with Crippen molar-refractivity contribution < 1.29 is 4.79 Å². The number of carbonyl (C=O) groups excluding carboxylic acids is 1. The van der Waals surface area contributed by atoms with Gasteiger partial charge in [0.05, 0.1) is 16.3 Å². The van der Waals surface area contributed by atoms with Crippen LogP contribution in [-0.4, -0.2) is 19.0 Å². The van der Waals surface area contributed by atoms with Gasteiger partial charge in [-0.05, 0) is 55.0 Å². The first-order valence-electron chi connectivity index (χ1n) is 7.05. The highest BCUT2D eigenvalue weighted by Gasteiger charge is 2.18. The van der Waals surface area contributed by atoms with Gasteiger partial charge in [0.2, 0.25) is 0 Å². The third-order valence-corrected chi connectivity index (χ3v) is 4.97. The van der Waals surface area contributed by atoms with E-state index in [2.05, 4.69) is 10.2 Å². The summed E-state index contributed by atoms with van der Waals surface area (Å²) < 4.78 is 0. The molecule has 1 amide bonds. The van der Waals surface area contributed by atoms with Crippen molar-refractivity contribution in [2.75, 3.05) is 23.3 Å². The van der Waals surface area contributed by atoms with Crippen molar-refractivity contribution >= 4 is 40.2 Å². The van der Waals surface area contributed by atoms with Crippen LogP contribution >= 0.6 is 22.9 Å². The van der Waals surface area contributed by atoms with Crippen LogP contribution in [0.15, 0.2) is 29.6 Å². The summed E-state index contributed by atoms with van der Waals surface area (Å²) in [5, 5.41) is 5.59. The topological polar surface area (TPSA) is 32.3 Å². The Morgan fingerprint density at radius 2 is 2.05 bits per heavy atom. The summed E-state index contributed by atoms with van der Waals surface area (Å²) >= 11 is 7.56. The van der Waals surface area contributed by atoms with E-state index in [9.17, 15) is 4.79 Å². The lowest BCUT2D eigenvalue weighted by atomic mass is 10.2. The van der Waals surface area contributed by atoms with Crippen LogP contribution in [0.25, 0.3) is 0 Å². The van der Waals surface area contributed by atoms with Gasteiger partial charge < -0.3 is 10.2 Å². The van der Waals surface area contributed by atoms with Crippen LogP contribution in [0, 0.1) is 6.92 Å². The number of anilines is 2. The van der Waals surface area contributed by atoms with Crippen LogP contribution in [0.2, 0.25) is 5.02 Å². The number of carbonyl (C=O) groups is 1. The molecule has 0 aliphatic carbocycles. The molecule has 5 heteroatoms. The van der Waals surface area contributed by atoms with Gasteiger partial charge in [-0.1, -0.05) is 11.6 Å². The number of amides is 1. The lowest BCUT2D eigenvalue weighted by Crippen LogP contribution is -2.21. The quantitative estimate of drug-likeness (QED) is 0.899. The van der Waals surface area contributed by atoms with Gasteiger partial charge in [-0.15, -0.1) is 11.3 Å². The first kappa shape index (κ1) is 14.4. The zero-order chi connectivity index (χ0) is 14.8. The highest BCUT2D eigenvalue weighted by Crippen LogP contribution is 2.32. The van der Waals surface area contributed by atoms with Crippen molar-refractivity contribution in [2.45, 2.75) is 19.8 Å². The van der Waals surface area contributed by atoms with Gasteiger partial charge in [-0.25, -0.2) is 0 Å². The molecule has 0 spiro atoms. The van der Waals surface area contributed by atoms with Crippen LogP contribution in [0.3, 0.4) is 0 Å². The van der Waals surface area contributed by atoms with E-state index in [1.807, 2.05) is 36.6 Å². The Balaban J connectivity index is 1.88. The summed E-state index contributed by atoms with van der Waals surface area (Å²) in [4.78, 5) is 15.5. The van der Waals surface area contributed by atoms with E-state index in [1.165, 1.54) is 24.2 Å². The molecule has 1 N–H and O–H groups in total. The fourth-order valence-electron chi connectivity index (χ4n) is 2.63. The molecule has 3 rings (SSSR count). The Morgan fingerprint density at radius 1 is 1.29 bits per heavy atom. The maximum Gasteiger partial charge on any atom is 0.266 e. The van der Waals surface area contributed by atoms with Gasteiger partial charge in [-0.3, -0.25) is 4.79 Å². The van der Waals surface area contributed by atoms with Crippen LogP contribution in [0.1, 0.15) is 28.1 Å². The first-order chi connectivity index (χ1) is 10.1. The molecule has 0 bridgehead atoms. The average molecular weight is 321 g/mol. The largest absolute Gasteiger partial charge is 0.370 e. The zero-order valence-corrected chi connectivity index (χ0v) is 13.4. The number of thiophene rings is 1. The number of nitrogens with zero attached hydrogens (tertiary/aromatic N) is 1. The molecule has 1 aromatic heterocycles. The van der Waals surface area contributed by atoms with E-state index in [0.29, 0.717) is 5.02 Å². The van der Waals surface area contributed by atoms with E-state index in [4.69, 9.17) is 11.6 Å². The average Bonchev–Trinajstić information content (AvgIpc) is 3.10. The number of halogens is 1.